The number of nitrogens with two attached hydrogens (primary N) is 1. The summed E-state index contributed by atoms with van der Waals surface area (Å²) >= 11 is 0. The number of nitrogens with zero attached hydrogens (tertiary/aromatic N) is 2. The molecule has 18 heavy (non-hydrogen) atoms. The fourth-order valence-electron chi connectivity index (χ4n) is 1.69. The third-order valence-corrected chi connectivity index (χ3v) is 3.47. The Labute approximate surface area is 109 Å². The van der Waals surface area contributed by atoms with Gasteiger partial charge in [0.15, 0.2) is 0 Å². The molecule has 0 radical (unpaired) electrons. The van der Waals surface area contributed by atoms with Crippen molar-refractivity contribution in [3.63, 3.8) is 0 Å². The molecule has 102 valence electrons. The van der Waals surface area contributed by atoms with Gasteiger partial charge in [-0.05, 0) is 41.0 Å². The second-order valence-electron chi connectivity index (χ2n) is 5.43. The molecule has 0 spiro atoms. The number of aryl methyl sites for hydroxylation is 1. The van der Waals surface area contributed by atoms with Gasteiger partial charge in [-0.15, -0.1) is 0 Å². The number of anilines is 1. The molecule has 0 bridgehead atoms. The van der Waals surface area contributed by atoms with E-state index in [1.54, 1.807) is 4.68 Å². The first kappa shape index (κ1) is 14.5. The molecule has 1 rings (SSSR count). The predicted octanol–water partition coefficient (Wildman–Crippen LogP) is 1.95. The van der Waals surface area contributed by atoms with Crippen molar-refractivity contribution in [3.8, 4) is 0 Å². The van der Waals surface area contributed by atoms with E-state index in [0.717, 1.165) is 17.8 Å². The number of rotatable bonds is 4. The molecule has 5 nitrogen and oxygen atoms in total. The van der Waals surface area contributed by atoms with E-state index in [1.165, 1.54) is 0 Å². The summed E-state index contributed by atoms with van der Waals surface area (Å²) in [5, 5.41) is 7.34. The lowest BCUT2D eigenvalue weighted by Gasteiger charge is -2.26. The van der Waals surface area contributed by atoms with Gasteiger partial charge in [-0.1, -0.05) is 6.92 Å². The van der Waals surface area contributed by atoms with Crippen molar-refractivity contribution in [2.75, 3.05) is 5.73 Å². The maximum atomic E-state index is 12.2. The summed E-state index contributed by atoms with van der Waals surface area (Å²) in [6.07, 6.45) is 0.880. The Morgan fingerprint density at radius 1 is 1.50 bits per heavy atom. The second kappa shape index (κ2) is 5.00. The lowest BCUT2D eigenvalue weighted by molar-refractivity contribution is -0.125. The third-order valence-electron chi connectivity index (χ3n) is 3.47. The fraction of sp³-hybridized carbons (Fsp3) is 0.692. The summed E-state index contributed by atoms with van der Waals surface area (Å²) in [6.45, 7) is 11.6. The van der Waals surface area contributed by atoms with Crippen LogP contribution in [0.5, 0.6) is 0 Å². The van der Waals surface area contributed by atoms with Gasteiger partial charge in [0.1, 0.15) is 6.04 Å². The Balaban J connectivity index is 2.90. The van der Waals surface area contributed by atoms with Crippen LogP contribution >= 0.6 is 0 Å². The van der Waals surface area contributed by atoms with Crippen molar-refractivity contribution in [3.05, 3.63) is 11.4 Å². The Morgan fingerprint density at radius 3 is 2.44 bits per heavy atom. The average molecular weight is 252 g/mol. The van der Waals surface area contributed by atoms with E-state index < -0.39 is 0 Å². The van der Waals surface area contributed by atoms with Crippen LogP contribution < -0.4 is 11.1 Å². The molecule has 0 fully saturated rings. The summed E-state index contributed by atoms with van der Waals surface area (Å²) in [6, 6.07) is -0.355. The van der Waals surface area contributed by atoms with Gasteiger partial charge in [0.25, 0.3) is 0 Å². The Hall–Kier alpha value is -1.52. The zero-order valence-corrected chi connectivity index (χ0v) is 12.2. The van der Waals surface area contributed by atoms with Gasteiger partial charge in [-0.2, -0.15) is 5.10 Å². The van der Waals surface area contributed by atoms with Gasteiger partial charge in [0.05, 0.1) is 17.1 Å². The number of amides is 1. The van der Waals surface area contributed by atoms with E-state index >= 15 is 0 Å². The predicted molar refractivity (Wildman–Crippen MR) is 73.3 cm³/mol. The van der Waals surface area contributed by atoms with Crippen LogP contribution in [0.1, 0.15) is 51.5 Å². The minimum Gasteiger partial charge on any atom is -0.396 e. The average Bonchev–Trinajstić information content (AvgIpc) is 2.55. The Kier molecular flexibility index (Phi) is 4.04. The standard InChI is InChI=1S/C13H24N4O/c1-7-13(5,6)15-12(18)10(4)17-9(3)11(14)8(2)16-17/h10H,7,14H2,1-6H3,(H,15,18). The number of aromatic nitrogens is 2. The highest BCUT2D eigenvalue weighted by molar-refractivity contribution is 5.80. The highest BCUT2D eigenvalue weighted by Gasteiger charge is 2.25. The molecule has 0 aliphatic heterocycles. The number of carbonyl (C=O) groups is 1. The van der Waals surface area contributed by atoms with Crippen molar-refractivity contribution >= 4 is 11.6 Å². The molecule has 3 N–H and O–H groups in total. The first-order chi connectivity index (χ1) is 8.19. The molecule has 0 saturated carbocycles. The molecular formula is C13H24N4O. The first-order valence-electron chi connectivity index (χ1n) is 6.32. The number of hydrogen-bond acceptors (Lipinski definition) is 3. The highest BCUT2D eigenvalue weighted by atomic mass is 16.2. The quantitative estimate of drug-likeness (QED) is 0.860. The lowest BCUT2D eigenvalue weighted by Crippen LogP contribution is -2.45. The zero-order chi connectivity index (χ0) is 14.1. The molecular weight excluding hydrogens is 228 g/mol. The van der Waals surface area contributed by atoms with Crippen LogP contribution in [0.25, 0.3) is 0 Å². The molecule has 1 heterocycles. The lowest BCUT2D eigenvalue weighted by atomic mass is 10.0. The van der Waals surface area contributed by atoms with Gasteiger partial charge in [-0.3, -0.25) is 9.48 Å². The number of hydrogen-bond donors (Lipinski definition) is 2. The van der Waals surface area contributed by atoms with Gasteiger partial charge in [0, 0.05) is 5.54 Å². The van der Waals surface area contributed by atoms with Crippen LogP contribution in [0.4, 0.5) is 5.69 Å². The largest absolute Gasteiger partial charge is 0.396 e. The van der Waals surface area contributed by atoms with Crippen LogP contribution in [0.2, 0.25) is 0 Å². The molecule has 1 amide bonds. The smallest absolute Gasteiger partial charge is 0.244 e. The maximum absolute atomic E-state index is 12.2. The van der Waals surface area contributed by atoms with Crippen molar-refractivity contribution in [1.29, 1.82) is 0 Å². The number of nitrogen functional groups attached to an aromatic ring is 1. The zero-order valence-electron chi connectivity index (χ0n) is 12.2. The summed E-state index contributed by atoms with van der Waals surface area (Å²) < 4.78 is 1.69. The molecule has 1 unspecified atom stereocenters. The van der Waals surface area contributed by atoms with Gasteiger partial charge in [0.2, 0.25) is 5.91 Å². The van der Waals surface area contributed by atoms with Crippen molar-refractivity contribution in [2.45, 2.75) is 59.5 Å². The molecule has 1 aromatic heterocycles. The molecule has 0 aliphatic rings. The van der Waals surface area contributed by atoms with E-state index in [4.69, 9.17) is 5.73 Å². The van der Waals surface area contributed by atoms with Gasteiger partial charge in [-0.25, -0.2) is 0 Å². The molecule has 0 aliphatic carbocycles. The SMILES string of the molecule is CCC(C)(C)NC(=O)C(C)n1nc(C)c(N)c1C. The van der Waals surface area contributed by atoms with Gasteiger partial charge >= 0.3 is 0 Å². The molecule has 0 saturated heterocycles. The van der Waals surface area contributed by atoms with Crippen LogP contribution in [0.3, 0.4) is 0 Å². The minimum atomic E-state index is -0.355. The molecule has 1 aromatic rings. The van der Waals surface area contributed by atoms with E-state index in [2.05, 4.69) is 10.4 Å². The van der Waals surface area contributed by atoms with Crippen molar-refractivity contribution < 1.29 is 4.79 Å². The second-order valence-corrected chi connectivity index (χ2v) is 5.43. The normalized spacial score (nSPS) is 13.4. The van der Waals surface area contributed by atoms with E-state index in [1.807, 2.05) is 41.5 Å². The Bertz CT molecular complexity index is 448. The van der Waals surface area contributed by atoms with E-state index in [0.29, 0.717) is 5.69 Å². The van der Waals surface area contributed by atoms with E-state index in [9.17, 15) is 4.79 Å². The third kappa shape index (κ3) is 2.83. The van der Waals surface area contributed by atoms with Crippen molar-refractivity contribution in [1.82, 2.24) is 15.1 Å². The van der Waals surface area contributed by atoms with Crippen LogP contribution in [0, 0.1) is 13.8 Å². The Morgan fingerprint density at radius 2 is 2.06 bits per heavy atom. The minimum absolute atomic E-state index is 0.0348. The number of nitrogens with one attached hydrogen (secondary N) is 1. The first-order valence-corrected chi connectivity index (χ1v) is 6.32. The fourth-order valence-corrected chi connectivity index (χ4v) is 1.69. The van der Waals surface area contributed by atoms with Gasteiger partial charge < -0.3 is 11.1 Å². The van der Waals surface area contributed by atoms with E-state index in [-0.39, 0.29) is 17.5 Å². The maximum Gasteiger partial charge on any atom is 0.244 e. The summed E-state index contributed by atoms with van der Waals surface area (Å²) in [5.41, 5.74) is 7.94. The highest BCUT2D eigenvalue weighted by Crippen LogP contribution is 2.20. The van der Waals surface area contributed by atoms with Crippen molar-refractivity contribution in [2.24, 2.45) is 0 Å². The molecule has 5 heteroatoms. The number of carbonyl (C=O) groups excluding carboxylic acids is 1. The molecule has 1 atom stereocenters. The van der Waals surface area contributed by atoms with Crippen LogP contribution in [-0.4, -0.2) is 21.2 Å². The summed E-state index contributed by atoms with van der Waals surface area (Å²) in [4.78, 5) is 12.2. The monoisotopic (exact) mass is 252 g/mol. The van der Waals surface area contributed by atoms with Crippen LogP contribution in [-0.2, 0) is 4.79 Å². The topological polar surface area (TPSA) is 72.9 Å². The summed E-state index contributed by atoms with van der Waals surface area (Å²) in [7, 11) is 0. The molecule has 0 aromatic carbocycles. The summed E-state index contributed by atoms with van der Waals surface area (Å²) in [5.74, 6) is -0.0348. The van der Waals surface area contributed by atoms with Crippen LogP contribution in [0.15, 0.2) is 0 Å².